The van der Waals surface area contributed by atoms with Gasteiger partial charge in [0.1, 0.15) is 24.7 Å². The second-order valence-corrected chi connectivity index (χ2v) is 9.68. The highest BCUT2D eigenvalue weighted by molar-refractivity contribution is 5.35. The molecule has 4 heteroatoms. The van der Waals surface area contributed by atoms with Gasteiger partial charge in [-0.1, -0.05) is 78.6 Å². The summed E-state index contributed by atoms with van der Waals surface area (Å²) in [4.78, 5) is 4.78. The number of hydrogen-bond acceptors (Lipinski definition) is 4. The zero-order valence-electron chi connectivity index (χ0n) is 24.0. The maximum absolute atomic E-state index is 6.04. The number of benzene rings is 2. The molecule has 0 radical (unpaired) electrons. The smallest absolute Gasteiger partial charge is 0.119 e. The molecule has 0 bridgehead atoms. The quantitative estimate of drug-likeness (QED) is 0.200. The third-order valence-corrected chi connectivity index (χ3v) is 7.44. The van der Waals surface area contributed by atoms with Crippen molar-refractivity contribution in [2.24, 2.45) is 0 Å². The Labute approximate surface area is 222 Å². The highest BCUT2D eigenvalue weighted by Crippen LogP contribution is 2.40. The fourth-order valence-corrected chi connectivity index (χ4v) is 5.11. The van der Waals surface area contributed by atoms with Gasteiger partial charge in [-0.05, 0) is 86.2 Å². The van der Waals surface area contributed by atoms with Gasteiger partial charge in [0.15, 0.2) is 0 Å². The van der Waals surface area contributed by atoms with Gasteiger partial charge in [-0.2, -0.15) is 0 Å². The average molecular weight is 497 g/mol. The van der Waals surface area contributed by atoms with E-state index in [1.807, 2.05) is 0 Å². The van der Waals surface area contributed by atoms with E-state index in [2.05, 4.69) is 99.9 Å². The second-order valence-electron chi connectivity index (χ2n) is 9.68. The van der Waals surface area contributed by atoms with Crippen molar-refractivity contribution in [2.45, 2.75) is 79.1 Å². The lowest BCUT2D eigenvalue weighted by Gasteiger charge is -2.28. The van der Waals surface area contributed by atoms with Crippen LogP contribution in [0.4, 0.5) is 0 Å². The summed E-state index contributed by atoms with van der Waals surface area (Å²) in [7, 11) is 0. The van der Waals surface area contributed by atoms with Crippen molar-refractivity contribution in [3.8, 4) is 11.5 Å². The van der Waals surface area contributed by atoms with E-state index in [4.69, 9.17) is 9.47 Å². The van der Waals surface area contributed by atoms with E-state index >= 15 is 0 Å². The zero-order valence-corrected chi connectivity index (χ0v) is 24.0. The highest BCUT2D eigenvalue weighted by atomic mass is 16.5. The molecule has 0 saturated heterocycles. The van der Waals surface area contributed by atoms with Crippen molar-refractivity contribution in [3.63, 3.8) is 0 Å². The standard InChI is InChI=1S/C32H52N2O2/c1-7-13-31(27-15-19-29(20-16-27)35-25-23-33(9-3)10-4)32(14-8-2)28-17-21-30(22-18-28)36-26-24-34(11-5)12-6/h15-22,31-32H,7-14,23-26H2,1-6H3. The van der Waals surface area contributed by atoms with E-state index in [1.165, 1.54) is 36.8 Å². The molecule has 0 aliphatic rings. The number of ether oxygens (including phenoxy) is 2. The SMILES string of the molecule is CCCC(c1ccc(OCCN(CC)CC)cc1)C(CCC)c1ccc(OCCN(CC)CC)cc1. The number of likely N-dealkylation sites (N-methyl/N-ethyl adjacent to an activating group) is 2. The van der Waals surface area contributed by atoms with Crippen molar-refractivity contribution in [1.29, 1.82) is 0 Å². The molecule has 2 aromatic carbocycles. The molecule has 2 aromatic rings. The summed E-state index contributed by atoms with van der Waals surface area (Å²) in [5.41, 5.74) is 2.84. The molecule has 0 spiro atoms. The van der Waals surface area contributed by atoms with E-state index < -0.39 is 0 Å². The Kier molecular flexibility index (Phi) is 14.6. The summed E-state index contributed by atoms with van der Waals surface area (Å²) in [5, 5.41) is 0. The lowest BCUT2D eigenvalue weighted by molar-refractivity contribution is 0.222. The Bertz CT molecular complexity index is 728. The summed E-state index contributed by atoms with van der Waals surface area (Å²) in [6.07, 6.45) is 4.74. The van der Waals surface area contributed by atoms with E-state index in [0.29, 0.717) is 11.8 Å². The van der Waals surface area contributed by atoms with E-state index in [-0.39, 0.29) is 0 Å². The average Bonchev–Trinajstić information content (AvgIpc) is 2.92. The Hall–Kier alpha value is -2.04. The van der Waals surface area contributed by atoms with Crippen LogP contribution >= 0.6 is 0 Å². The first-order valence-electron chi connectivity index (χ1n) is 14.5. The molecule has 36 heavy (non-hydrogen) atoms. The van der Waals surface area contributed by atoms with Gasteiger partial charge in [-0.3, -0.25) is 0 Å². The Morgan fingerprint density at radius 1 is 0.528 bits per heavy atom. The Morgan fingerprint density at radius 2 is 0.861 bits per heavy atom. The van der Waals surface area contributed by atoms with E-state index in [0.717, 1.165) is 64.0 Å². The summed E-state index contributed by atoms with van der Waals surface area (Å²) in [5.74, 6) is 2.96. The van der Waals surface area contributed by atoms with Gasteiger partial charge in [0.25, 0.3) is 0 Å². The summed E-state index contributed by atoms with van der Waals surface area (Å²) in [6, 6.07) is 17.8. The van der Waals surface area contributed by atoms with Crippen LogP contribution in [0.15, 0.2) is 48.5 Å². The van der Waals surface area contributed by atoms with Crippen molar-refractivity contribution in [3.05, 3.63) is 59.7 Å². The van der Waals surface area contributed by atoms with Crippen molar-refractivity contribution >= 4 is 0 Å². The fourth-order valence-electron chi connectivity index (χ4n) is 5.11. The van der Waals surface area contributed by atoms with Gasteiger partial charge in [0.05, 0.1) is 0 Å². The largest absolute Gasteiger partial charge is 0.492 e. The van der Waals surface area contributed by atoms with Gasteiger partial charge in [0, 0.05) is 13.1 Å². The van der Waals surface area contributed by atoms with Crippen LogP contribution in [0.2, 0.25) is 0 Å². The predicted octanol–water partition coefficient (Wildman–Crippen LogP) is 7.60. The topological polar surface area (TPSA) is 24.9 Å². The molecule has 0 fully saturated rings. The lowest BCUT2D eigenvalue weighted by Crippen LogP contribution is -2.27. The monoisotopic (exact) mass is 496 g/mol. The highest BCUT2D eigenvalue weighted by Gasteiger charge is 2.24. The van der Waals surface area contributed by atoms with Crippen molar-refractivity contribution < 1.29 is 9.47 Å². The maximum Gasteiger partial charge on any atom is 0.119 e. The first-order chi connectivity index (χ1) is 17.6. The first-order valence-corrected chi connectivity index (χ1v) is 14.5. The number of hydrogen-bond donors (Lipinski definition) is 0. The van der Waals surface area contributed by atoms with Crippen LogP contribution in [0.3, 0.4) is 0 Å². The molecule has 0 heterocycles. The minimum absolute atomic E-state index is 0.508. The van der Waals surface area contributed by atoms with E-state index in [1.54, 1.807) is 0 Å². The third kappa shape index (κ3) is 9.78. The van der Waals surface area contributed by atoms with Crippen LogP contribution in [0, 0.1) is 0 Å². The van der Waals surface area contributed by atoms with Crippen LogP contribution < -0.4 is 9.47 Å². The molecule has 0 aromatic heterocycles. The molecular formula is C32H52N2O2. The normalized spacial score (nSPS) is 13.2. The van der Waals surface area contributed by atoms with Gasteiger partial charge >= 0.3 is 0 Å². The number of rotatable bonds is 19. The molecular weight excluding hydrogens is 444 g/mol. The molecule has 0 N–H and O–H groups in total. The second kappa shape index (κ2) is 17.4. The van der Waals surface area contributed by atoms with Crippen LogP contribution in [-0.2, 0) is 0 Å². The van der Waals surface area contributed by atoms with Gasteiger partial charge < -0.3 is 19.3 Å². The third-order valence-electron chi connectivity index (χ3n) is 7.44. The van der Waals surface area contributed by atoms with E-state index in [9.17, 15) is 0 Å². The summed E-state index contributed by atoms with van der Waals surface area (Å²) < 4.78 is 12.1. The van der Waals surface area contributed by atoms with Gasteiger partial charge in [-0.15, -0.1) is 0 Å². The van der Waals surface area contributed by atoms with Gasteiger partial charge in [-0.25, -0.2) is 0 Å². The molecule has 2 rings (SSSR count). The molecule has 0 aliphatic carbocycles. The Morgan fingerprint density at radius 3 is 1.14 bits per heavy atom. The predicted molar refractivity (Wildman–Crippen MR) is 155 cm³/mol. The molecule has 2 unspecified atom stereocenters. The van der Waals surface area contributed by atoms with Crippen LogP contribution in [0.25, 0.3) is 0 Å². The van der Waals surface area contributed by atoms with Crippen molar-refractivity contribution in [1.82, 2.24) is 9.80 Å². The molecule has 0 amide bonds. The molecule has 2 atom stereocenters. The van der Waals surface area contributed by atoms with Crippen LogP contribution in [0.5, 0.6) is 11.5 Å². The van der Waals surface area contributed by atoms with Gasteiger partial charge in [0.2, 0.25) is 0 Å². The molecule has 0 aliphatic heterocycles. The maximum atomic E-state index is 6.04. The van der Waals surface area contributed by atoms with Crippen LogP contribution in [-0.4, -0.2) is 62.3 Å². The first kappa shape index (κ1) is 30.2. The summed E-state index contributed by atoms with van der Waals surface area (Å²) >= 11 is 0. The Balaban J connectivity index is 2.07. The minimum atomic E-state index is 0.508. The molecule has 202 valence electrons. The minimum Gasteiger partial charge on any atom is -0.492 e. The molecule has 0 saturated carbocycles. The fraction of sp³-hybridized carbons (Fsp3) is 0.625. The summed E-state index contributed by atoms with van der Waals surface area (Å²) in [6.45, 7) is 21.1. The van der Waals surface area contributed by atoms with Crippen LogP contribution in [0.1, 0.15) is 90.2 Å². The lowest BCUT2D eigenvalue weighted by atomic mass is 9.76. The van der Waals surface area contributed by atoms with Crippen molar-refractivity contribution in [2.75, 3.05) is 52.5 Å². The molecule has 4 nitrogen and oxygen atoms in total. The number of nitrogens with zero attached hydrogens (tertiary/aromatic N) is 2. The zero-order chi connectivity index (χ0) is 26.2.